The number of nitrogens with one attached hydrogen (secondary N) is 1. The fraction of sp³-hybridized carbons (Fsp3) is 0.444. The van der Waals surface area contributed by atoms with Gasteiger partial charge in [0.25, 0.3) is 0 Å². The lowest BCUT2D eigenvalue weighted by Crippen LogP contribution is -2.40. The first kappa shape index (κ1) is 28.9. The van der Waals surface area contributed by atoms with Gasteiger partial charge in [-0.3, -0.25) is 9.59 Å². The van der Waals surface area contributed by atoms with Crippen LogP contribution in [0, 0.1) is 11.3 Å². The molecule has 2 atom stereocenters. The molecule has 0 spiro atoms. The molecule has 0 radical (unpaired) electrons. The third kappa shape index (κ3) is 6.66. The van der Waals surface area contributed by atoms with Crippen molar-refractivity contribution in [2.75, 3.05) is 31.4 Å². The second-order valence-electron chi connectivity index (χ2n) is 12.3. The van der Waals surface area contributed by atoms with Crippen LogP contribution in [0.1, 0.15) is 74.8 Å². The van der Waals surface area contributed by atoms with Crippen molar-refractivity contribution >= 4 is 23.3 Å². The van der Waals surface area contributed by atoms with Crippen molar-refractivity contribution in [2.24, 2.45) is 11.3 Å². The normalized spacial score (nSPS) is 20.2. The molecule has 1 N–H and O–H groups in total. The van der Waals surface area contributed by atoms with E-state index in [1.165, 1.54) is 35.9 Å². The van der Waals surface area contributed by atoms with E-state index in [0.717, 1.165) is 69.0 Å². The summed E-state index contributed by atoms with van der Waals surface area (Å²) >= 11 is 0. The van der Waals surface area contributed by atoms with Crippen molar-refractivity contribution in [1.82, 2.24) is 0 Å². The molecule has 2 fully saturated rings. The van der Waals surface area contributed by atoms with Crippen LogP contribution in [-0.2, 0) is 20.7 Å². The minimum Gasteiger partial charge on any atom is -0.469 e. The van der Waals surface area contributed by atoms with Gasteiger partial charge in [-0.25, -0.2) is 0 Å². The van der Waals surface area contributed by atoms with Gasteiger partial charge in [-0.15, -0.1) is 0 Å². The maximum Gasteiger partial charge on any atom is 0.309 e. The van der Waals surface area contributed by atoms with Crippen molar-refractivity contribution in [3.63, 3.8) is 0 Å². The third-order valence-corrected chi connectivity index (χ3v) is 9.35. The molecule has 0 heterocycles. The molecule has 5 nitrogen and oxygen atoms in total. The first-order valence-corrected chi connectivity index (χ1v) is 15.2. The first-order valence-electron chi connectivity index (χ1n) is 15.2. The predicted molar refractivity (Wildman–Crippen MR) is 167 cm³/mol. The summed E-state index contributed by atoms with van der Waals surface area (Å²) in [6, 6.07) is 25.5. The van der Waals surface area contributed by atoms with Gasteiger partial charge in [-0.2, -0.15) is 0 Å². The number of amides is 1. The molecule has 0 aliphatic heterocycles. The summed E-state index contributed by atoms with van der Waals surface area (Å²) in [5, 5.41) is 3.30. The average Bonchev–Trinajstić information content (AvgIpc) is 3.01. The number of benzene rings is 3. The highest BCUT2D eigenvalue weighted by atomic mass is 16.5. The zero-order valence-electron chi connectivity index (χ0n) is 24.8. The molecule has 0 saturated heterocycles. The van der Waals surface area contributed by atoms with Crippen LogP contribution in [0.5, 0.6) is 0 Å². The SMILES string of the molecule is COC(=O)C1CCCCC1c1cccc(NC(=O)C2(Cc3ccc(-c4ccc(N(C)C)cc4)cc3)CCCCC2)c1. The number of methoxy groups -OCH3 is 1. The fourth-order valence-electron chi connectivity index (χ4n) is 6.94. The van der Waals surface area contributed by atoms with Crippen LogP contribution in [0.15, 0.2) is 72.8 Å². The molecule has 2 aliphatic carbocycles. The van der Waals surface area contributed by atoms with Crippen LogP contribution in [0.3, 0.4) is 0 Å². The Morgan fingerprint density at radius 3 is 2.17 bits per heavy atom. The number of hydrogen-bond donors (Lipinski definition) is 1. The summed E-state index contributed by atoms with van der Waals surface area (Å²) in [7, 11) is 5.58. The van der Waals surface area contributed by atoms with Crippen molar-refractivity contribution < 1.29 is 14.3 Å². The molecular weight excluding hydrogens is 508 g/mol. The Morgan fingerprint density at radius 1 is 0.854 bits per heavy atom. The number of hydrogen-bond acceptors (Lipinski definition) is 4. The summed E-state index contributed by atoms with van der Waals surface area (Å²) in [6.07, 6.45) is 9.87. The van der Waals surface area contributed by atoms with E-state index >= 15 is 0 Å². The number of nitrogens with zero attached hydrogens (tertiary/aromatic N) is 1. The topological polar surface area (TPSA) is 58.6 Å². The molecule has 0 bridgehead atoms. The standard InChI is InChI=1S/C36H44N2O3/c1-38(2)31-20-18-28(19-21-31)27-16-14-26(15-17-27)25-36(22-7-4-8-23-36)35(40)37-30-11-9-10-29(24-30)32-12-5-6-13-33(32)34(39)41-3/h9-11,14-21,24,32-33H,4-8,12-13,22-23,25H2,1-3H3,(H,37,40). The molecule has 3 aromatic rings. The Hall–Kier alpha value is -3.60. The van der Waals surface area contributed by atoms with Crippen LogP contribution in [0.2, 0.25) is 0 Å². The molecule has 2 unspecified atom stereocenters. The number of carbonyl (C=O) groups is 2. The van der Waals surface area contributed by atoms with Gasteiger partial charge in [-0.1, -0.05) is 80.6 Å². The van der Waals surface area contributed by atoms with Gasteiger partial charge in [0.2, 0.25) is 5.91 Å². The van der Waals surface area contributed by atoms with E-state index in [0.29, 0.717) is 0 Å². The number of ether oxygens (including phenoxy) is 1. The van der Waals surface area contributed by atoms with Gasteiger partial charge in [0, 0.05) is 25.5 Å². The zero-order valence-corrected chi connectivity index (χ0v) is 24.8. The molecule has 0 aromatic heterocycles. The third-order valence-electron chi connectivity index (χ3n) is 9.35. The van der Waals surface area contributed by atoms with E-state index < -0.39 is 5.41 Å². The van der Waals surface area contributed by atoms with Crippen LogP contribution < -0.4 is 10.2 Å². The lowest BCUT2D eigenvalue weighted by atomic mass is 9.69. The second kappa shape index (κ2) is 12.9. The summed E-state index contributed by atoms with van der Waals surface area (Å²) < 4.78 is 5.12. The predicted octanol–water partition coefficient (Wildman–Crippen LogP) is 8.00. The fourth-order valence-corrected chi connectivity index (χ4v) is 6.94. The maximum atomic E-state index is 14.0. The molecule has 5 heteroatoms. The van der Waals surface area contributed by atoms with E-state index in [1.807, 2.05) is 12.1 Å². The van der Waals surface area contributed by atoms with Crippen molar-refractivity contribution in [2.45, 2.75) is 70.1 Å². The Labute approximate surface area is 245 Å². The smallest absolute Gasteiger partial charge is 0.309 e. The number of esters is 1. The van der Waals surface area contributed by atoms with Crippen LogP contribution in [0.4, 0.5) is 11.4 Å². The summed E-state index contributed by atoms with van der Waals surface area (Å²) in [6.45, 7) is 0. The quantitative estimate of drug-likeness (QED) is 0.288. The van der Waals surface area contributed by atoms with Gasteiger partial charge >= 0.3 is 5.97 Å². The van der Waals surface area contributed by atoms with Gasteiger partial charge in [-0.05, 0) is 84.5 Å². The molecule has 41 heavy (non-hydrogen) atoms. The first-order chi connectivity index (χ1) is 19.9. The summed E-state index contributed by atoms with van der Waals surface area (Å²) in [5.74, 6) is 0.0142. The lowest BCUT2D eigenvalue weighted by Gasteiger charge is -2.36. The Morgan fingerprint density at radius 2 is 1.51 bits per heavy atom. The van der Waals surface area contributed by atoms with E-state index in [2.05, 4.69) is 85.0 Å². The van der Waals surface area contributed by atoms with Crippen molar-refractivity contribution in [3.05, 3.63) is 83.9 Å². The number of carbonyl (C=O) groups excluding carboxylic acids is 2. The Balaban J connectivity index is 1.32. The van der Waals surface area contributed by atoms with Crippen LogP contribution in [0.25, 0.3) is 11.1 Å². The average molecular weight is 553 g/mol. The number of rotatable bonds is 8. The Bertz CT molecular complexity index is 1320. The van der Waals surface area contributed by atoms with Gasteiger partial charge < -0.3 is 15.0 Å². The Kier molecular flexibility index (Phi) is 9.12. The van der Waals surface area contributed by atoms with Crippen molar-refractivity contribution in [3.8, 4) is 11.1 Å². The number of anilines is 2. The van der Waals surface area contributed by atoms with Gasteiger partial charge in [0.15, 0.2) is 0 Å². The maximum absolute atomic E-state index is 14.0. The van der Waals surface area contributed by atoms with E-state index in [4.69, 9.17) is 4.74 Å². The van der Waals surface area contributed by atoms with E-state index in [1.54, 1.807) is 0 Å². The molecule has 3 aromatic carbocycles. The molecule has 2 aliphatic rings. The zero-order chi connectivity index (χ0) is 28.8. The lowest BCUT2D eigenvalue weighted by molar-refractivity contribution is -0.147. The van der Waals surface area contributed by atoms with Crippen LogP contribution >= 0.6 is 0 Å². The van der Waals surface area contributed by atoms with E-state index in [9.17, 15) is 9.59 Å². The largest absolute Gasteiger partial charge is 0.469 e. The van der Waals surface area contributed by atoms with Crippen LogP contribution in [-0.4, -0.2) is 33.1 Å². The molecule has 216 valence electrons. The minimum absolute atomic E-state index is 0.113. The van der Waals surface area contributed by atoms with Crippen molar-refractivity contribution in [1.29, 1.82) is 0 Å². The van der Waals surface area contributed by atoms with E-state index in [-0.39, 0.29) is 23.7 Å². The molecular formula is C36H44N2O3. The highest BCUT2D eigenvalue weighted by Gasteiger charge is 2.40. The molecule has 5 rings (SSSR count). The summed E-state index contributed by atoms with van der Waals surface area (Å²) in [4.78, 5) is 28.6. The minimum atomic E-state index is -0.414. The monoisotopic (exact) mass is 552 g/mol. The van der Waals surface area contributed by atoms with Gasteiger partial charge in [0.1, 0.15) is 0 Å². The molecule has 1 amide bonds. The second-order valence-corrected chi connectivity index (χ2v) is 12.3. The summed E-state index contributed by atoms with van der Waals surface area (Å²) in [5.41, 5.74) is 6.29. The molecule has 2 saturated carbocycles. The highest BCUT2D eigenvalue weighted by Crippen LogP contribution is 2.42. The van der Waals surface area contributed by atoms with Gasteiger partial charge in [0.05, 0.1) is 18.4 Å². The highest BCUT2D eigenvalue weighted by molar-refractivity contribution is 5.95.